The lowest BCUT2D eigenvalue weighted by Gasteiger charge is -2.12. The van der Waals surface area contributed by atoms with E-state index < -0.39 is 0 Å². The molecule has 0 fully saturated rings. The molecule has 1 N–H and O–H groups in total. The summed E-state index contributed by atoms with van der Waals surface area (Å²) in [7, 11) is 3.22. The Morgan fingerprint density at radius 1 is 1.09 bits per heavy atom. The number of aromatic hydroxyl groups is 1. The summed E-state index contributed by atoms with van der Waals surface area (Å²) in [5.74, 6) is 1.64. The summed E-state index contributed by atoms with van der Waals surface area (Å²) < 4.78 is 10.6. The van der Waals surface area contributed by atoms with Crippen molar-refractivity contribution in [3.8, 4) is 17.2 Å². The first kappa shape index (κ1) is 15.2. The zero-order valence-electron chi connectivity index (χ0n) is 13.4. The first-order valence-corrected chi connectivity index (χ1v) is 7.37. The highest BCUT2D eigenvalue weighted by molar-refractivity contribution is 6.01. The third kappa shape index (κ3) is 2.95. The van der Waals surface area contributed by atoms with Gasteiger partial charge >= 0.3 is 0 Å². The molecule has 5 nitrogen and oxygen atoms in total. The van der Waals surface area contributed by atoms with E-state index in [1.807, 2.05) is 37.3 Å². The number of benzene rings is 2. The summed E-state index contributed by atoms with van der Waals surface area (Å²) in [5.41, 5.74) is 3.63. The lowest BCUT2D eigenvalue weighted by atomic mass is 9.99. The monoisotopic (exact) mass is 313 g/mol. The van der Waals surface area contributed by atoms with Gasteiger partial charge in [0.15, 0.2) is 17.6 Å². The summed E-state index contributed by atoms with van der Waals surface area (Å²) >= 11 is 0. The van der Waals surface area contributed by atoms with Crippen LogP contribution in [0.5, 0.6) is 17.2 Å². The molecule has 1 unspecified atom stereocenters. The molecule has 1 heterocycles. The lowest BCUT2D eigenvalue weighted by molar-refractivity contribution is 0.0855. The SMILES string of the molecule is COc1ccc(C2CC(c3ccc(O)c(C)c3)=NO2)cc1OC. The van der Waals surface area contributed by atoms with Gasteiger partial charge in [-0.25, -0.2) is 0 Å². The number of ether oxygens (including phenoxy) is 2. The van der Waals surface area contributed by atoms with Crippen LogP contribution in [0.3, 0.4) is 0 Å². The van der Waals surface area contributed by atoms with Crippen LogP contribution in [0.2, 0.25) is 0 Å². The van der Waals surface area contributed by atoms with E-state index in [1.165, 1.54) is 0 Å². The maximum atomic E-state index is 9.63. The standard InChI is InChI=1S/C18H19NO4/c1-11-8-12(4-6-15(11)20)14-10-17(23-19-14)13-5-7-16(21-2)18(9-13)22-3/h4-9,17,20H,10H2,1-3H3. The first-order valence-electron chi connectivity index (χ1n) is 7.37. The molecule has 3 rings (SSSR count). The van der Waals surface area contributed by atoms with E-state index in [0.717, 1.165) is 22.4 Å². The molecule has 2 aromatic rings. The van der Waals surface area contributed by atoms with Crippen LogP contribution in [0, 0.1) is 6.92 Å². The molecular formula is C18H19NO4. The minimum Gasteiger partial charge on any atom is -0.508 e. The van der Waals surface area contributed by atoms with E-state index in [4.69, 9.17) is 14.3 Å². The van der Waals surface area contributed by atoms with E-state index in [2.05, 4.69) is 5.16 Å². The summed E-state index contributed by atoms with van der Waals surface area (Å²) in [6.45, 7) is 1.86. The van der Waals surface area contributed by atoms with E-state index in [9.17, 15) is 5.11 Å². The first-order chi connectivity index (χ1) is 11.1. The Kier molecular flexibility index (Phi) is 4.10. The van der Waals surface area contributed by atoms with Gasteiger partial charge in [0.1, 0.15) is 5.75 Å². The molecule has 0 saturated heterocycles. The smallest absolute Gasteiger partial charge is 0.161 e. The normalized spacial score (nSPS) is 16.7. The van der Waals surface area contributed by atoms with Gasteiger partial charge in [0.05, 0.1) is 19.9 Å². The minimum absolute atomic E-state index is 0.154. The average molecular weight is 313 g/mol. The molecule has 120 valence electrons. The van der Waals surface area contributed by atoms with Crippen molar-refractivity contribution in [1.82, 2.24) is 0 Å². The lowest BCUT2D eigenvalue weighted by Crippen LogP contribution is -2.02. The summed E-state index contributed by atoms with van der Waals surface area (Å²) in [6, 6.07) is 11.2. The number of rotatable bonds is 4. The number of phenols is 1. The van der Waals surface area contributed by atoms with Crippen LogP contribution >= 0.6 is 0 Å². The molecule has 5 heteroatoms. The Balaban J connectivity index is 1.80. The van der Waals surface area contributed by atoms with Crippen molar-refractivity contribution in [2.24, 2.45) is 5.16 Å². The van der Waals surface area contributed by atoms with Crippen LogP contribution in [-0.2, 0) is 4.84 Å². The van der Waals surface area contributed by atoms with Gasteiger partial charge in [-0.05, 0) is 53.9 Å². The second-order valence-electron chi connectivity index (χ2n) is 5.45. The topological polar surface area (TPSA) is 60.3 Å². The van der Waals surface area contributed by atoms with E-state index in [0.29, 0.717) is 17.9 Å². The Morgan fingerprint density at radius 3 is 2.57 bits per heavy atom. The Labute approximate surface area is 135 Å². The molecule has 0 spiro atoms. The second-order valence-corrected chi connectivity index (χ2v) is 5.45. The van der Waals surface area contributed by atoms with Crippen LogP contribution in [-0.4, -0.2) is 25.0 Å². The molecule has 1 aliphatic heterocycles. The molecular weight excluding hydrogens is 294 g/mol. The molecule has 0 amide bonds. The van der Waals surface area contributed by atoms with Gasteiger partial charge in [0.2, 0.25) is 0 Å². The van der Waals surface area contributed by atoms with Crippen LogP contribution in [0.4, 0.5) is 0 Å². The number of methoxy groups -OCH3 is 2. The van der Waals surface area contributed by atoms with Crippen molar-refractivity contribution in [2.45, 2.75) is 19.4 Å². The highest BCUT2D eigenvalue weighted by Crippen LogP contribution is 2.35. The number of phenolic OH excluding ortho intramolecular Hbond substituents is 1. The van der Waals surface area contributed by atoms with E-state index in [1.54, 1.807) is 20.3 Å². The van der Waals surface area contributed by atoms with Crippen molar-refractivity contribution in [2.75, 3.05) is 14.2 Å². The molecule has 23 heavy (non-hydrogen) atoms. The van der Waals surface area contributed by atoms with Crippen molar-refractivity contribution in [1.29, 1.82) is 0 Å². The second kappa shape index (κ2) is 6.20. The maximum Gasteiger partial charge on any atom is 0.161 e. The summed E-state index contributed by atoms with van der Waals surface area (Å²) in [4.78, 5) is 5.58. The fourth-order valence-electron chi connectivity index (χ4n) is 2.61. The fraction of sp³-hybridized carbons (Fsp3) is 0.278. The number of oxime groups is 1. The molecule has 1 atom stereocenters. The third-order valence-corrected chi connectivity index (χ3v) is 3.98. The Bertz CT molecular complexity index is 755. The van der Waals surface area contributed by atoms with E-state index >= 15 is 0 Å². The van der Waals surface area contributed by atoms with Gasteiger partial charge in [0, 0.05) is 6.42 Å². The predicted molar refractivity (Wildman–Crippen MR) is 87.4 cm³/mol. The van der Waals surface area contributed by atoms with Crippen LogP contribution in [0.1, 0.15) is 29.2 Å². The quantitative estimate of drug-likeness (QED) is 0.937. The van der Waals surface area contributed by atoms with Gasteiger partial charge in [0.25, 0.3) is 0 Å². The van der Waals surface area contributed by atoms with Crippen LogP contribution in [0.25, 0.3) is 0 Å². The zero-order valence-corrected chi connectivity index (χ0v) is 13.4. The van der Waals surface area contributed by atoms with Crippen molar-refractivity contribution in [3.05, 3.63) is 53.1 Å². The molecule has 0 aliphatic carbocycles. The maximum absolute atomic E-state index is 9.63. The number of hydrogen-bond acceptors (Lipinski definition) is 5. The predicted octanol–water partition coefficient (Wildman–Crippen LogP) is 3.58. The number of aryl methyl sites for hydroxylation is 1. The van der Waals surface area contributed by atoms with Gasteiger partial charge in [-0.15, -0.1) is 0 Å². The highest BCUT2D eigenvalue weighted by atomic mass is 16.6. The summed E-state index contributed by atoms with van der Waals surface area (Å²) in [5, 5.41) is 13.8. The molecule has 2 aromatic carbocycles. The van der Waals surface area contributed by atoms with Crippen molar-refractivity contribution >= 4 is 5.71 Å². The number of hydrogen-bond donors (Lipinski definition) is 1. The van der Waals surface area contributed by atoms with Gasteiger partial charge in [-0.3, -0.25) is 0 Å². The zero-order chi connectivity index (χ0) is 16.4. The molecule has 1 aliphatic rings. The van der Waals surface area contributed by atoms with Gasteiger partial charge in [-0.2, -0.15) is 0 Å². The highest BCUT2D eigenvalue weighted by Gasteiger charge is 2.25. The average Bonchev–Trinajstić information content (AvgIpc) is 3.06. The summed E-state index contributed by atoms with van der Waals surface area (Å²) in [6.07, 6.45) is 0.513. The van der Waals surface area contributed by atoms with Crippen molar-refractivity contribution < 1.29 is 19.4 Å². The molecule has 0 aromatic heterocycles. The largest absolute Gasteiger partial charge is 0.508 e. The van der Waals surface area contributed by atoms with E-state index in [-0.39, 0.29) is 11.9 Å². The Hall–Kier alpha value is -2.69. The molecule has 0 radical (unpaired) electrons. The van der Waals surface area contributed by atoms with Crippen LogP contribution in [0.15, 0.2) is 41.6 Å². The fourth-order valence-corrected chi connectivity index (χ4v) is 2.61. The molecule has 0 bridgehead atoms. The minimum atomic E-state index is -0.154. The molecule has 0 saturated carbocycles. The number of nitrogens with zero attached hydrogens (tertiary/aromatic N) is 1. The third-order valence-electron chi connectivity index (χ3n) is 3.98. The van der Waals surface area contributed by atoms with Gasteiger partial charge in [-0.1, -0.05) is 11.2 Å². The van der Waals surface area contributed by atoms with Crippen LogP contribution < -0.4 is 9.47 Å². The Morgan fingerprint density at radius 2 is 1.87 bits per heavy atom. The van der Waals surface area contributed by atoms with Crippen molar-refractivity contribution in [3.63, 3.8) is 0 Å². The van der Waals surface area contributed by atoms with Gasteiger partial charge < -0.3 is 19.4 Å².